The van der Waals surface area contributed by atoms with Crippen molar-refractivity contribution in [2.24, 2.45) is 0 Å². The van der Waals surface area contributed by atoms with Crippen LogP contribution in [-0.2, 0) is 11.3 Å². The molecule has 0 aliphatic heterocycles. The van der Waals surface area contributed by atoms with Crippen LogP contribution in [0.5, 0.6) is 5.75 Å². The quantitative estimate of drug-likeness (QED) is 0.786. The summed E-state index contributed by atoms with van der Waals surface area (Å²) in [5.41, 5.74) is 3.62. The number of ketones is 1. The van der Waals surface area contributed by atoms with Crippen molar-refractivity contribution >= 4 is 17.4 Å². The first-order valence-electron chi connectivity index (χ1n) is 8.13. The number of ether oxygens (including phenoxy) is 1. The number of nitrogens with one attached hydrogen (secondary N) is 1. The largest absolute Gasteiger partial charge is 0.484 e. The third-order valence-corrected chi connectivity index (χ3v) is 3.65. The van der Waals surface area contributed by atoms with Gasteiger partial charge in [0.25, 0.3) is 5.91 Å². The van der Waals surface area contributed by atoms with Gasteiger partial charge in [-0.15, -0.1) is 0 Å². The first-order valence-corrected chi connectivity index (χ1v) is 8.13. The zero-order valence-electron chi connectivity index (χ0n) is 15.1. The third-order valence-electron chi connectivity index (χ3n) is 3.65. The number of hydrogen-bond donors (Lipinski definition) is 1. The summed E-state index contributed by atoms with van der Waals surface area (Å²) >= 11 is 0. The van der Waals surface area contributed by atoms with Gasteiger partial charge >= 0.3 is 0 Å². The normalized spacial score (nSPS) is 10.6. The maximum Gasteiger partial charge on any atom is 0.262 e. The van der Waals surface area contributed by atoms with Crippen molar-refractivity contribution in [3.8, 4) is 5.75 Å². The van der Waals surface area contributed by atoms with E-state index in [9.17, 15) is 9.59 Å². The molecule has 2 aromatic rings. The van der Waals surface area contributed by atoms with Crippen LogP contribution < -0.4 is 10.1 Å². The minimum absolute atomic E-state index is 0.00270. The van der Waals surface area contributed by atoms with Gasteiger partial charge in [-0.25, -0.2) is 0 Å². The Balaban J connectivity index is 1.97. The van der Waals surface area contributed by atoms with Gasteiger partial charge in [0, 0.05) is 17.8 Å². The fraction of sp³-hybridized carbons (Fsp3) is 0.300. The Morgan fingerprint density at radius 2 is 1.76 bits per heavy atom. The van der Waals surface area contributed by atoms with Gasteiger partial charge in [0.1, 0.15) is 5.75 Å². The number of carbonyl (C=O) groups is 2. The van der Waals surface area contributed by atoms with E-state index in [1.165, 1.54) is 6.92 Å². The summed E-state index contributed by atoms with van der Waals surface area (Å²) < 4.78 is 5.49. The molecule has 0 aromatic heterocycles. The van der Waals surface area contributed by atoms with Crippen molar-refractivity contribution in [3.05, 3.63) is 59.2 Å². The van der Waals surface area contributed by atoms with Crippen LogP contribution in [0.4, 0.5) is 5.69 Å². The van der Waals surface area contributed by atoms with Crippen LogP contribution in [-0.4, -0.2) is 37.3 Å². The lowest BCUT2D eigenvalue weighted by Gasteiger charge is -2.16. The number of hydrogen-bond acceptors (Lipinski definition) is 4. The van der Waals surface area contributed by atoms with Crippen LogP contribution in [0.25, 0.3) is 0 Å². The van der Waals surface area contributed by atoms with Gasteiger partial charge in [-0.05, 0) is 63.8 Å². The van der Waals surface area contributed by atoms with Gasteiger partial charge in [-0.2, -0.15) is 0 Å². The highest BCUT2D eigenvalue weighted by atomic mass is 16.5. The lowest BCUT2D eigenvalue weighted by Crippen LogP contribution is -2.22. The second kappa shape index (κ2) is 8.44. The van der Waals surface area contributed by atoms with E-state index >= 15 is 0 Å². The third kappa shape index (κ3) is 5.72. The molecule has 25 heavy (non-hydrogen) atoms. The number of benzene rings is 2. The maximum absolute atomic E-state index is 12.2. The van der Waals surface area contributed by atoms with E-state index in [-0.39, 0.29) is 18.3 Å². The number of amides is 1. The Hall–Kier alpha value is -2.66. The predicted molar refractivity (Wildman–Crippen MR) is 99.1 cm³/mol. The Morgan fingerprint density at radius 3 is 2.36 bits per heavy atom. The number of aryl methyl sites for hydroxylation is 1. The average Bonchev–Trinajstić information content (AvgIpc) is 2.55. The van der Waals surface area contributed by atoms with E-state index in [1.54, 1.807) is 24.3 Å². The second-order valence-electron chi connectivity index (χ2n) is 6.32. The van der Waals surface area contributed by atoms with Crippen molar-refractivity contribution in [1.82, 2.24) is 4.90 Å². The highest BCUT2D eigenvalue weighted by molar-refractivity contribution is 5.94. The first kappa shape index (κ1) is 18.7. The molecule has 0 heterocycles. The van der Waals surface area contributed by atoms with Crippen LogP contribution in [0.3, 0.4) is 0 Å². The number of Topliss-reactive ketones (excluding diaryl/α,β-unsaturated/α-hetero) is 1. The Bertz CT molecular complexity index is 752. The van der Waals surface area contributed by atoms with Crippen LogP contribution in [0.15, 0.2) is 42.5 Å². The number of nitrogens with zero attached hydrogens (tertiary/aromatic N) is 1. The zero-order valence-corrected chi connectivity index (χ0v) is 15.1. The molecule has 5 heteroatoms. The molecule has 0 unspecified atom stereocenters. The molecule has 0 saturated carbocycles. The summed E-state index contributed by atoms with van der Waals surface area (Å²) in [6.45, 7) is 4.19. The smallest absolute Gasteiger partial charge is 0.262 e. The molecule has 1 amide bonds. The number of rotatable bonds is 7. The molecule has 2 rings (SSSR count). The van der Waals surface area contributed by atoms with Crippen LogP contribution in [0, 0.1) is 6.92 Å². The number of anilines is 1. The fourth-order valence-corrected chi connectivity index (χ4v) is 2.44. The van der Waals surface area contributed by atoms with E-state index in [4.69, 9.17) is 4.74 Å². The van der Waals surface area contributed by atoms with Gasteiger partial charge in [0.2, 0.25) is 0 Å². The molecule has 1 N–H and O–H groups in total. The number of carbonyl (C=O) groups excluding carboxylic acids is 2. The fourth-order valence-electron chi connectivity index (χ4n) is 2.44. The van der Waals surface area contributed by atoms with Crippen molar-refractivity contribution in [2.45, 2.75) is 20.4 Å². The Kier molecular flexibility index (Phi) is 6.31. The molecule has 132 valence electrons. The lowest BCUT2D eigenvalue weighted by molar-refractivity contribution is -0.118. The van der Waals surface area contributed by atoms with Crippen LogP contribution in [0.1, 0.15) is 28.4 Å². The van der Waals surface area contributed by atoms with Crippen molar-refractivity contribution in [2.75, 3.05) is 26.0 Å². The molecular weight excluding hydrogens is 316 g/mol. The molecule has 0 aliphatic carbocycles. The molecule has 0 aliphatic rings. The van der Waals surface area contributed by atoms with Crippen molar-refractivity contribution in [1.29, 1.82) is 0 Å². The maximum atomic E-state index is 12.2. The molecular formula is C20H24N2O3. The summed E-state index contributed by atoms with van der Waals surface area (Å²) in [6, 6.07) is 12.7. The highest BCUT2D eigenvalue weighted by Crippen LogP contribution is 2.19. The van der Waals surface area contributed by atoms with Crippen LogP contribution in [0.2, 0.25) is 0 Å². The van der Waals surface area contributed by atoms with Crippen molar-refractivity contribution < 1.29 is 14.3 Å². The predicted octanol–water partition coefficient (Wildman–Crippen LogP) is 3.28. The van der Waals surface area contributed by atoms with E-state index in [1.807, 2.05) is 33.2 Å². The Labute approximate surface area is 148 Å². The van der Waals surface area contributed by atoms with Gasteiger partial charge in [0.15, 0.2) is 12.4 Å². The topological polar surface area (TPSA) is 58.6 Å². The van der Waals surface area contributed by atoms with E-state index in [0.717, 1.165) is 23.4 Å². The van der Waals surface area contributed by atoms with Gasteiger partial charge in [-0.3, -0.25) is 9.59 Å². The lowest BCUT2D eigenvalue weighted by atomic mass is 10.1. The molecule has 0 saturated heterocycles. The van der Waals surface area contributed by atoms with E-state index in [0.29, 0.717) is 11.3 Å². The molecule has 5 nitrogen and oxygen atoms in total. The summed E-state index contributed by atoms with van der Waals surface area (Å²) in [4.78, 5) is 25.5. The second-order valence-corrected chi connectivity index (χ2v) is 6.32. The standard InChI is InChI=1S/C20H24N2O3/c1-14-5-10-19(17(11-14)12-22(3)4)21-20(24)13-25-18-8-6-16(7-9-18)15(2)23/h5-11H,12-13H2,1-4H3,(H,21,24). The van der Waals surface area contributed by atoms with Crippen LogP contribution >= 0.6 is 0 Å². The SMILES string of the molecule is CC(=O)c1ccc(OCC(=O)Nc2ccc(C)cc2CN(C)C)cc1. The highest BCUT2D eigenvalue weighted by Gasteiger charge is 2.09. The summed E-state index contributed by atoms with van der Waals surface area (Å²) in [6.07, 6.45) is 0. The molecule has 2 aromatic carbocycles. The Morgan fingerprint density at radius 1 is 1.08 bits per heavy atom. The molecule has 0 spiro atoms. The summed E-state index contributed by atoms with van der Waals surface area (Å²) in [5, 5.41) is 2.90. The average molecular weight is 340 g/mol. The van der Waals surface area contributed by atoms with E-state index in [2.05, 4.69) is 16.3 Å². The van der Waals surface area contributed by atoms with Gasteiger partial charge in [0.05, 0.1) is 0 Å². The summed E-state index contributed by atoms with van der Waals surface area (Å²) in [7, 11) is 3.98. The van der Waals surface area contributed by atoms with Crippen molar-refractivity contribution in [3.63, 3.8) is 0 Å². The molecule has 0 bridgehead atoms. The zero-order chi connectivity index (χ0) is 18.4. The molecule has 0 fully saturated rings. The minimum Gasteiger partial charge on any atom is -0.484 e. The van der Waals surface area contributed by atoms with E-state index < -0.39 is 0 Å². The monoisotopic (exact) mass is 340 g/mol. The van der Waals surface area contributed by atoms with Gasteiger partial charge in [-0.1, -0.05) is 17.7 Å². The molecule has 0 atom stereocenters. The first-order chi connectivity index (χ1) is 11.8. The minimum atomic E-state index is -0.223. The summed E-state index contributed by atoms with van der Waals surface area (Å²) in [5.74, 6) is 0.328. The molecule has 0 radical (unpaired) electrons. The van der Waals surface area contributed by atoms with Gasteiger partial charge < -0.3 is 15.0 Å².